The molecule has 0 N–H and O–H groups in total. The van der Waals surface area contributed by atoms with Gasteiger partial charge in [0, 0.05) is 44.3 Å². The number of hydrogen-bond donors (Lipinski definition) is 0. The molecule has 0 spiro atoms. The molecule has 2 heterocycles. The molecule has 0 atom stereocenters. The fraction of sp³-hybridized carbons (Fsp3) is 0.0145. The van der Waals surface area contributed by atoms with Crippen LogP contribution in [0.1, 0.15) is 22.3 Å². The average Bonchev–Trinajstić information content (AvgIpc) is 4.23. The van der Waals surface area contributed by atoms with Gasteiger partial charge in [0.2, 0.25) is 0 Å². The molecule has 12 aromatic carbocycles. The fourth-order valence-electron chi connectivity index (χ4n) is 12.2. The lowest BCUT2D eigenvalue weighted by Gasteiger charge is -2.36. The number of hydrogen-bond acceptors (Lipinski definition) is 4. The van der Waals surface area contributed by atoms with Crippen LogP contribution in [-0.2, 0) is 5.41 Å². The standard InChI is InChI=1S/C69H44N2O2/c1-5-25-49(26-6-1)69(50-27-7-2-8-28-50)57-43-59(70(51-29-9-3-10-30-51)53-39-37-45-21-13-15-23-47(45)41-53)67-63(55-33-17-19-35-61(55)72-67)65(57)66-58(69)44-60(68-64(66)56-34-18-20-36-62(56)73-68)71(52-31-11-4-12-32-52)54-40-38-46-22-14-16-24-48(46)42-54/h1-44H. The van der Waals surface area contributed by atoms with Gasteiger partial charge >= 0.3 is 0 Å². The molecule has 14 aromatic rings. The third-order valence-corrected chi connectivity index (χ3v) is 15.2. The molecule has 0 bridgehead atoms. The maximum Gasteiger partial charge on any atom is 0.160 e. The van der Waals surface area contributed by atoms with Crippen LogP contribution in [0.2, 0.25) is 0 Å². The van der Waals surface area contributed by atoms with E-state index in [9.17, 15) is 0 Å². The molecule has 73 heavy (non-hydrogen) atoms. The van der Waals surface area contributed by atoms with Gasteiger partial charge in [0.25, 0.3) is 0 Å². The molecule has 0 amide bonds. The monoisotopic (exact) mass is 932 g/mol. The van der Waals surface area contributed by atoms with E-state index in [4.69, 9.17) is 8.83 Å². The number of fused-ring (bicyclic) bond motifs is 13. The van der Waals surface area contributed by atoms with Crippen molar-refractivity contribution in [3.05, 3.63) is 289 Å². The molecule has 4 heteroatoms. The first-order valence-electron chi connectivity index (χ1n) is 25.0. The quantitative estimate of drug-likeness (QED) is 0.152. The van der Waals surface area contributed by atoms with Crippen molar-refractivity contribution in [1.82, 2.24) is 0 Å². The van der Waals surface area contributed by atoms with E-state index in [1.165, 1.54) is 10.8 Å². The van der Waals surface area contributed by atoms with Crippen LogP contribution in [0.25, 0.3) is 76.5 Å². The summed E-state index contributed by atoms with van der Waals surface area (Å²) in [6, 6.07) is 96.5. The lowest BCUT2D eigenvalue weighted by molar-refractivity contribution is 0.668. The smallest absolute Gasteiger partial charge is 0.160 e. The van der Waals surface area contributed by atoms with Gasteiger partial charge in [0.1, 0.15) is 11.2 Å². The molecule has 1 aliphatic carbocycles. The van der Waals surface area contributed by atoms with E-state index in [2.05, 4.69) is 277 Å². The summed E-state index contributed by atoms with van der Waals surface area (Å²) in [4.78, 5) is 4.79. The van der Waals surface area contributed by atoms with Gasteiger partial charge in [-0.05, 0) is 128 Å². The molecule has 0 saturated carbocycles. The Bertz CT molecular complexity index is 4160. The maximum absolute atomic E-state index is 7.34. The largest absolute Gasteiger partial charge is 0.454 e. The van der Waals surface area contributed by atoms with Crippen molar-refractivity contribution in [2.75, 3.05) is 9.80 Å². The van der Waals surface area contributed by atoms with Crippen LogP contribution in [-0.4, -0.2) is 0 Å². The number of benzene rings is 12. The summed E-state index contributed by atoms with van der Waals surface area (Å²) in [5, 5.41) is 8.93. The number of para-hydroxylation sites is 4. The predicted octanol–water partition coefficient (Wildman–Crippen LogP) is 19.1. The number of furan rings is 2. The molecular formula is C69H44N2O2. The summed E-state index contributed by atoms with van der Waals surface area (Å²) in [5.74, 6) is 0. The number of nitrogens with zero attached hydrogens (tertiary/aromatic N) is 2. The molecule has 0 unspecified atom stereocenters. The number of anilines is 6. The Kier molecular flexibility index (Phi) is 9.14. The van der Waals surface area contributed by atoms with Gasteiger partial charge in [-0.25, -0.2) is 0 Å². The van der Waals surface area contributed by atoms with Crippen molar-refractivity contribution in [2.45, 2.75) is 5.41 Å². The molecule has 1 aliphatic rings. The highest BCUT2D eigenvalue weighted by Gasteiger charge is 2.50. The summed E-state index contributed by atoms with van der Waals surface area (Å²) >= 11 is 0. The third kappa shape index (κ3) is 6.14. The highest BCUT2D eigenvalue weighted by Crippen LogP contribution is 2.64. The fourth-order valence-corrected chi connectivity index (χ4v) is 12.2. The van der Waals surface area contributed by atoms with Crippen LogP contribution in [0.4, 0.5) is 34.1 Å². The van der Waals surface area contributed by atoms with Crippen LogP contribution >= 0.6 is 0 Å². The number of rotatable bonds is 8. The van der Waals surface area contributed by atoms with Crippen LogP contribution in [0, 0.1) is 0 Å². The third-order valence-electron chi connectivity index (χ3n) is 15.2. The maximum atomic E-state index is 7.34. The Balaban J connectivity index is 1.16. The van der Waals surface area contributed by atoms with Crippen molar-refractivity contribution in [3.8, 4) is 11.1 Å². The van der Waals surface area contributed by atoms with Gasteiger partial charge in [0.15, 0.2) is 11.2 Å². The highest BCUT2D eigenvalue weighted by atomic mass is 16.3. The van der Waals surface area contributed by atoms with Gasteiger partial charge in [-0.2, -0.15) is 0 Å². The van der Waals surface area contributed by atoms with Gasteiger partial charge < -0.3 is 18.6 Å². The minimum atomic E-state index is -0.854. The molecule has 4 nitrogen and oxygen atoms in total. The lowest BCUT2D eigenvalue weighted by atomic mass is 9.67. The van der Waals surface area contributed by atoms with Crippen molar-refractivity contribution in [2.24, 2.45) is 0 Å². The lowest BCUT2D eigenvalue weighted by Crippen LogP contribution is -2.29. The Hall–Kier alpha value is -9.64. The Morgan fingerprint density at radius 2 is 0.644 bits per heavy atom. The van der Waals surface area contributed by atoms with Crippen molar-refractivity contribution < 1.29 is 8.83 Å². The van der Waals surface area contributed by atoms with Crippen LogP contribution in [0.5, 0.6) is 0 Å². The van der Waals surface area contributed by atoms with Crippen LogP contribution in [0.3, 0.4) is 0 Å². The van der Waals surface area contributed by atoms with Crippen molar-refractivity contribution >= 4 is 99.5 Å². The van der Waals surface area contributed by atoms with E-state index in [1.54, 1.807) is 0 Å². The topological polar surface area (TPSA) is 32.8 Å². The molecule has 0 radical (unpaired) electrons. The van der Waals surface area contributed by atoms with E-state index in [0.717, 1.165) is 122 Å². The molecule has 0 fully saturated rings. The minimum Gasteiger partial charge on any atom is -0.454 e. The van der Waals surface area contributed by atoms with Gasteiger partial charge in [0.05, 0.1) is 16.8 Å². The summed E-state index contributed by atoms with van der Waals surface area (Å²) in [6.07, 6.45) is 0. The summed E-state index contributed by atoms with van der Waals surface area (Å²) < 4.78 is 14.7. The molecule has 342 valence electrons. The minimum absolute atomic E-state index is 0.812. The predicted molar refractivity (Wildman–Crippen MR) is 303 cm³/mol. The van der Waals surface area contributed by atoms with Crippen molar-refractivity contribution in [1.29, 1.82) is 0 Å². The van der Waals surface area contributed by atoms with Crippen LogP contribution < -0.4 is 9.80 Å². The van der Waals surface area contributed by atoms with E-state index < -0.39 is 5.41 Å². The highest BCUT2D eigenvalue weighted by molar-refractivity contribution is 6.27. The van der Waals surface area contributed by atoms with Crippen molar-refractivity contribution in [3.63, 3.8) is 0 Å². The van der Waals surface area contributed by atoms with E-state index in [1.807, 2.05) is 0 Å². The van der Waals surface area contributed by atoms with Gasteiger partial charge in [-0.15, -0.1) is 0 Å². The second-order valence-electron chi connectivity index (χ2n) is 19.1. The zero-order chi connectivity index (χ0) is 48.0. The Labute approximate surface area is 421 Å². The van der Waals surface area contributed by atoms with E-state index in [-0.39, 0.29) is 0 Å². The second kappa shape index (κ2) is 16.2. The SMILES string of the molecule is c1ccc(N(c2ccc3ccccc3c2)c2cc3c(c4c2oc2ccccc24)-c2c(cc(N(c4ccccc4)c4ccc5ccccc5c4)c4oc5ccccc5c24)C3(c2ccccc2)c2ccccc2)cc1. The van der Waals surface area contributed by atoms with E-state index >= 15 is 0 Å². The second-order valence-corrected chi connectivity index (χ2v) is 19.1. The first kappa shape index (κ1) is 41.2. The van der Waals surface area contributed by atoms with Gasteiger partial charge in [-0.1, -0.05) is 194 Å². The first-order valence-corrected chi connectivity index (χ1v) is 25.0. The zero-order valence-electron chi connectivity index (χ0n) is 39.6. The summed E-state index contributed by atoms with van der Waals surface area (Å²) in [6.45, 7) is 0. The normalized spacial score (nSPS) is 12.8. The molecular weight excluding hydrogens is 889 g/mol. The van der Waals surface area contributed by atoms with E-state index in [0.29, 0.717) is 0 Å². The van der Waals surface area contributed by atoms with Gasteiger partial charge in [-0.3, -0.25) is 0 Å². The molecule has 0 saturated heterocycles. The Morgan fingerprint density at radius 3 is 1.07 bits per heavy atom. The average molecular weight is 933 g/mol. The summed E-state index contributed by atoms with van der Waals surface area (Å²) in [7, 11) is 0. The summed E-state index contributed by atoms with van der Waals surface area (Å²) in [5.41, 5.74) is 15.4. The first-order chi connectivity index (χ1) is 36.2. The zero-order valence-corrected chi connectivity index (χ0v) is 39.6. The molecule has 0 aliphatic heterocycles. The van der Waals surface area contributed by atoms with Crippen LogP contribution in [0.15, 0.2) is 276 Å². The molecule has 15 rings (SSSR count). The Morgan fingerprint density at radius 1 is 0.288 bits per heavy atom. The molecule has 2 aromatic heterocycles.